The van der Waals surface area contributed by atoms with E-state index in [-0.39, 0.29) is 7.61 Å². The molecule has 2 atom stereocenters. The Morgan fingerprint density at radius 3 is 2.38 bits per heavy atom. The maximum atomic E-state index is 3.79. The predicted octanol–water partition coefficient (Wildman–Crippen LogP) is 3.25. The Morgan fingerprint density at radius 2 is 2.25 bits per heavy atom. The van der Waals surface area contributed by atoms with Gasteiger partial charge in [0.05, 0.1) is 0 Å². The summed E-state index contributed by atoms with van der Waals surface area (Å²) < 4.78 is 0. The molecule has 0 radical (unpaired) electrons. The molecule has 48 valence electrons. The van der Waals surface area contributed by atoms with Crippen molar-refractivity contribution in [3.8, 4) is 0 Å². The van der Waals surface area contributed by atoms with Crippen molar-refractivity contribution in [2.24, 2.45) is 0 Å². The quantitative estimate of drug-likeness (QED) is 0.537. The van der Waals surface area contributed by atoms with E-state index in [4.69, 9.17) is 0 Å². The molecule has 8 heavy (non-hydrogen) atoms. The van der Waals surface area contributed by atoms with Crippen molar-refractivity contribution < 1.29 is 0 Å². The summed E-state index contributed by atoms with van der Waals surface area (Å²) in [5, 5.41) is 0. The van der Waals surface area contributed by atoms with Crippen molar-refractivity contribution in [2.45, 2.75) is 13.8 Å². The van der Waals surface area contributed by atoms with Gasteiger partial charge in [0.2, 0.25) is 0 Å². The van der Waals surface area contributed by atoms with Crippen LogP contribution in [0.4, 0.5) is 0 Å². The van der Waals surface area contributed by atoms with Crippen LogP contribution in [-0.4, -0.2) is 12.3 Å². The number of hydrogen-bond acceptors (Lipinski definition) is 0. The van der Waals surface area contributed by atoms with Gasteiger partial charge in [0.1, 0.15) is 0 Å². The van der Waals surface area contributed by atoms with Gasteiger partial charge in [-0.3, -0.25) is 0 Å². The lowest BCUT2D eigenvalue weighted by Crippen LogP contribution is -1.65. The molecule has 0 heterocycles. The van der Waals surface area contributed by atoms with Crippen molar-refractivity contribution in [2.75, 3.05) is 12.3 Å². The van der Waals surface area contributed by atoms with Gasteiger partial charge in [0.15, 0.2) is 0 Å². The molecule has 0 amide bonds. The molecule has 0 rings (SSSR count). The second-order valence-corrected chi connectivity index (χ2v) is 7.11. The van der Waals surface area contributed by atoms with E-state index in [9.17, 15) is 0 Å². The van der Waals surface area contributed by atoms with E-state index in [1.807, 2.05) is 0 Å². The van der Waals surface area contributed by atoms with Crippen LogP contribution in [0.3, 0.4) is 0 Å². The topological polar surface area (TPSA) is 0 Å². The van der Waals surface area contributed by atoms with Gasteiger partial charge in [-0.1, -0.05) is 42.1 Å². The van der Waals surface area contributed by atoms with Gasteiger partial charge in [-0.25, -0.2) is 0 Å². The molecule has 0 N–H and O–H groups in total. The molecule has 0 nitrogen and oxygen atoms in total. The minimum Gasteiger partial charge on any atom is -0.0983 e. The van der Waals surface area contributed by atoms with Gasteiger partial charge < -0.3 is 0 Å². The van der Waals surface area contributed by atoms with Crippen LogP contribution in [0.15, 0.2) is 12.4 Å². The molecule has 0 fully saturated rings. The Morgan fingerprint density at radius 1 is 1.62 bits per heavy atom. The number of hydrogen-bond donors (Lipinski definition) is 0. The molecule has 0 aliphatic carbocycles. The summed E-state index contributed by atoms with van der Waals surface area (Å²) in [6, 6.07) is 0. The molecule has 0 aromatic heterocycles. The van der Waals surface area contributed by atoms with E-state index in [0.29, 0.717) is 0 Å². The summed E-state index contributed by atoms with van der Waals surface area (Å²) in [6.07, 6.45) is 2.66. The fourth-order valence-electron chi connectivity index (χ4n) is 0.509. The SMILES string of the molecule is C=CP(CC)PCC. The lowest BCUT2D eigenvalue weighted by Gasteiger charge is -2.06. The third-order valence-electron chi connectivity index (χ3n) is 0.922. The fourth-order valence-corrected chi connectivity index (χ4v) is 3.80. The summed E-state index contributed by atoms with van der Waals surface area (Å²) in [7, 11) is 1.39. The second-order valence-electron chi connectivity index (χ2n) is 1.48. The van der Waals surface area contributed by atoms with Crippen LogP contribution in [0.2, 0.25) is 0 Å². The molecule has 0 saturated heterocycles. The van der Waals surface area contributed by atoms with Crippen LogP contribution in [0.25, 0.3) is 0 Å². The third-order valence-corrected chi connectivity index (χ3v) is 6.43. The highest BCUT2D eigenvalue weighted by Crippen LogP contribution is 2.55. The van der Waals surface area contributed by atoms with Crippen LogP contribution >= 0.6 is 15.9 Å². The average Bonchev–Trinajstić information content (AvgIpc) is 1.83. The fraction of sp³-hybridized carbons (Fsp3) is 0.667. The van der Waals surface area contributed by atoms with E-state index >= 15 is 0 Å². The average molecular weight is 148 g/mol. The maximum Gasteiger partial charge on any atom is -0.0283 e. The van der Waals surface area contributed by atoms with Crippen LogP contribution in [0.5, 0.6) is 0 Å². The molecule has 0 spiro atoms. The highest BCUT2D eigenvalue weighted by molar-refractivity contribution is 8.22. The lowest BCUT2D eigenvalue weighted by atomic mass is 11.0. The minimum absolute atomic E-state index is 0.235. The van der Waals surface area contributed by atoms with Gasteiger partial charge in [-0.15, -0.1) is 0 Å². The van der Waals surface area contributed by atoms with Crippen molar-refractivity contribution >= 4 is 15.9 Å². The maximum absolute atomic E-state index is 3.79. The van der Waals surface area contributed by atoms with Crippen LogP contribution in [0, 0.1) is 0 Å². The summed E-state index contributed by atoms with van der Waals surface area (Å²) in [4.78, 5) is 0. The van der Waals surface area contributed by atoms with Gasteiger partial charge >= 0.3 is 0 Å². The van der Waals surface area contributed by atoms with E-state index < -0.39 is 0 Å². The van der Waals surface area contributed by atoms with Gasteiger partial charge in [-0.2, -0.15) is 0 Å². The van der Waals surface area contributed by atoms with E-state index in [0.717, 1.165) is 8.27 Å². The highest BCUT2D eigenvalue weighted by atomic mass is 32.0. The minimum atomic E-state index is 0.235. The van der Waals surface area contributed by atoms with Crippen LogP contribution in [0.1, 0.15) is 13.8 Å². The molecule has 2 heteroatoms. The molecule has 0 aliphatic rings. The van der Waals surface area contributed by atoms with Crippen LogP contribution in [-0.2, 0) is 0 Å². The van der Waals surface area contributed by atoms with E-state index in [1.54, 1.807) is 0 Å². The number of rotatable bonds is 4. The first kappa shape index (κ1) is 8.60. The first-order valence-electron chi connectivity index (χ1n) is 2.97. The molecule has 0 aromatic rings. The third kappa shape index (κ3) is 3.58. The Hall–Kier alpha value is 0.600. The lowest BCUT2D eigenvalue weighted by molar-refractivity contribution is 1.51. The largest absolute Gasteiger partial charge is 0.0983 e. The molecule has 0 aromatic carbocycles. The van der Waals surface area contributed by atoms with E-state index in [2.05, 4.69) is 26.2 Å². The molecule has 0 aliphatic heterocycles. The molecule has 2 unspecified atom stereocenters. The predicted molar refractivity (Wildman–Crippen MR) is 46.5 cm³/mol. The summed E-state index contributed by atoms with van der Waals surface area (Å²) >= 11 is 0. The van der Waals surface area contributed by atoms with Gasteiger partial charge in [0, 0.05) is 0 Å². The molecule has 0 saturated carbocycles. The normalized spacial score (nSPS) is 14.8. The summed E-state index contributed by atoms with van der Waals surface area (Å²) in [6.45, 7) is 8.28. The van der Waals surface area contributed by atoms with Gasteiger partial charge in [0.25, 0.3) is 0 Å². The Balaban J connectivity index is 3.21. The van der Waals surface area contributed by atoms with Crippen molar-refractivity contribution in [1.82, 2.24) is 0 Å². The summed E-state index contributed by atoms with van der Waals surface area (Å²) in [5.74, 6) is 2.14. The monoisotopic (exact) mass is 148 g/mol. The molecular weight excluding hydrogens is 134 g/mol. The van der Waals surface area contributed by atoms with Gasteiger partial charge in [-0.05, 0) is 12.3 Å². The first-order valence-corrected chi connectivity index (χ1v) is 6.62. The second kappa shape index (κ2) is 5.73. The zero-order chi connectivity index (χ0) is 6.41. The van der Waals surface area contributed by atoms with Crippen molar-refractivity contribution in [1.29, 1.82) is 0 Å². The Kier molecular flexibility index (Phi) is 6.16. The molecular formula is C6H14P2. The van der Waals surface area contributed by atoms with Crippen molar-refractivity contribution in [3.05, 3.63) is 12.4 Å². The zero-order valence-electron chi connectivity index (χ0n) is 5.65. The smallest absolute Gasteiger partial charge is 0.0283 e. The van der Waals surface area contributed by atoms with E-state index in [1.165, 1.54) is 12.3 Å². The van der Waals surface area contributed by atoms with Crippen molar-refractivity contribution in [3.63, 3.8) is 0 Å². The highest BCUT2D eigenvalue weighted by Gasteiger charge is 1.94. The Bertz CT molecular complexity index is 61.5. The van der Waals surface area contributed by atoms with Crippen LogP contribution < -0.4 is 0 Å². The summed E-state index contributed by atoms with van der Waals surface area (Å²) in [5.41, 5.74) is 0. The molecule has 0 bridgehead atoms. The first-order chi connectivity index (χ1) is 3.85. The standard InChI is InChI=1S/C6H14P2/c1-4-7-8(5-2)6-3/h5,7H,2,4,6H2,1,3H3. The Labute approximate surface area is 55.2 Å². The zero-order valence-corrected chi connectivity index (χ0v) is 7.54.